The standard InChI is InChI=1S/C32H48N6O6/c1-4-10-22-12-14-23(15-13-22)36-26(40)24(11-8-19-35-30(33)44)37-28(42)32(16-9-17-32)27(41)34-18-6-5-7-20-38-25(39)21-31(2,3)29(38)43/h12-15,24H,4-11,16-21H2,1-3H3,(H,34,41)(H,36,40)(H,37,42)(H3,33,35,44)/t24-/m0/s1. The first-order valence-electron chi connectivity index (χ1n) is 15.8. The summed E-state index contributed by atoms with van der Waals surface area (Å²) in [7, 11) is 0. The number of unbranched alkanes of at least 4 members (excludes halogenated alkanes) is 2. The lowest BCUT2D eigenvalue weighted by molar-refractivity contribution is -0.151. The summed E-state index contributed by atoms with van der Waals surface area (Å²) in [5, 5.41) is 11.0. The normalized spacial score (nSPS) is 17.4. The van der Waals surface area contributed by atoms with Gasteiger partial charge in [0.15, 0.2) is 0 Å². The van der Waals surface area contributed by atoms with Crippen LogP contribution >= 0.6 is 0 Å². The topological polar surface area (TPSA) is 180 Å². The van der Waals surface area contributed by atoms with Gasteiger partial charge in [0.1, 0.15) is 11.5 Å². The van der Waals surface area contributed by atoms with Crippen molar-refractivity contribution in [3.8, 4) is 0 Å². The molecule has 0 radical (unpaired) electrons. The molecule has 1 aromatic carbocycles. The number of nitrogens with zero attached hydrogens (tertiary/aromatic N) is 1. The van der Waals surface area contributed by atoms with Crippen molar-refractivity contribution in [3.63, 3.8) is 0 Å². The van der Waals surface area contributed by atoms with Crippen molar-refractivity contribution in [1.29, 1.82) is 0 Å². The number of rotatable bonds is 17. The van der Waals surface area contributed by atoms with Gasteiger partial charge in [-0.1, -0.05) is 45.7 Å². The lowest BCUT2D eigenvalue weighted by atomic mass is 9.67. The van der Waals surface area contributed by atoms with E-state index in [-0.39, 0.29) is 37.1 Å². The maximum Gasteiger partial charge on any atom is 0.312 e. The number of hydrogen-bond donors (Lipinski definition) is 5. The summed E-state index contributed by atoms with van der Waals surface area (Å²) in [6, 6.07) is 5.94. The van der Waals surface area contributed by atoms with E-state index in [0.717, 1.165) is 24.8 Å². The molecule has 1 heterocycles. The predicted molar refractivity (Wildman–Crippen MR) is 166 cm³/mol. The van der Waals surface area contributed by atoms with Crippen LogP contribution in [0.5, 0.6) is 0 Å². The summed E-state index contributed by atoms with van der Waals surface area (Å²) in [5.74, 6) is -1.55. The highest BCUT2D eigenvalue weighted by atomic mass is 16.2. The van der Waals surface area contributed by atoms with Crippen LogP contribution in [0, 0.1) is 10.8 Å². The van der Waals surface area contributed by atoms with E-state index in [1.807, 2.05) is 24.3 Å². The molecule has 2 fully saturated rings. The molecule has 44 heavy (non-hydrogen) atoms. The number of anilines is 1. The van der Waals surface area contributed by atoms with Gasteiger partial charge >= 0.3 is 6.03 Å². The van der Waals surface area contributed by atoms with Crippen molar-refractivity contribution in [1.82, 2.24) is 20.9 Å². The first-order valence-corrected chi connectivity index (χ1v) is 15.8. The largest absolute Gasteiger partial charge is 0.355 e. The molecule has 12 heteroatoms. The lowest BCUT2D eigenvalue weighted by Gasteiger charge is -2.39. The van der Waals surface area contributed by atoms with Gasteiger partial charge in [0.2, 0.25) is 29.5 Å². The molecule has 1 saturated carbocycles. The van der Waals surface area contributed by atoms with Gasteiger partial charge in [-0.05, 0) is 69.1 Å². The molecule has 6 N–H and O–H groups in total. The van der Waals surface area contributed by atoms with E-state index in [9.17, 15) is 28.8 Å². The van der Waals surface area contributed by atoms with E-state index < -0.39 is 34.7 Å². The number of aryl methyl sites for hydroxylation is 1. The van der Waals surface area contributed by atoms with Crippen LogP contribution in [0.4, 0.5) is 10.5 Å². The molecular weight excluding hydrogens is 564 g/mol. The van der Waals surface area contributed by atoms with Gasteiger partial charge in [-0.15, -0.1) is 0 Å². The molecule has 1 aliphatic carbocycles. The van der Waals surface area contributed by atoms with Gasteiger partial charge in [0, 0.05) is 31.7 Å². The van der Waals surface area contributed by atoms with Crippen LogP contribution in [0.3, 0.4) is 0 Å². The van der Waals surface area contributed by atoms with Crippen LogP contribution in [-0.2, 0) is 30.4 Å². The number of amides is 7. The summed E-state index contributed by atoms with van der Waals surface area (Å²) in [5.41, 5.74) is 5.01. The number of hydrogen-bond acceptors (Lipinski definition) is 6. The Balaban J connectivity index is 1.52. The number of nitrogens with two attached hydrogens (primary N) is 1. The fraction of sp³-hybridized carbons (Fsp3) is 0.625. The Morgan fingerprint density at radius 3 is 2.18 bits per heavy atom. The van der Waals surface area contributed by atoms with Crippen molar-refractivity contribution in [2.24, 2.45) is 16.6 Å². The molecular formula is C32H48N6O6. The van der Waals surface area contributed by atoms with E-state index in [1.165, 1.54) is 4.90 Å². The Kier molecular flexibility index (Phi) is 12.3. The van der Waals surface area contributed by atoms with Crippen LogP contribution in [0.15, 0.2) is 24.3 Å². The zero-order chi connectivity index (χ0) is 32.3. The number of likely N-dealkylation sites (tertiary alicyclic amines) is 1. The van der Waals surface area contributed by atoms with Gasteiger partial charge in [0.25, 0.3) is 0 Å². The molecule has 0 unspecified atom stereocenters. The molecule has 7 amide bonds. The summed E-state index contributed by atoms with van der Waals surface area (Å²) in [4.78, 5) is 76.9. The summed E-state index contributed by atoms with van der Waals surface area (Å²) >= 11 is 0. The maximum absolute atomic E-state index is 13.5. The quantitative estimate of drug-likeness (QED) is 0.102. The molecule has 3 rings (SSSR count). The molecule has 0 bridgehead atoms. The molecule has 1 saturated heterocycles. The second-order valence-electron chi connectivity index (χ2n) is 12.6. The SMILES string of the molecule is CCCc1ccc(NC(=O)[C@H](CCCNC(N)=O)NC(=O)C2(C(=O)NCCCCCN3C(=O)CC(C)(C)C3=O)CCC2)cc1. The highest BCUT2D eigenvalue weighted by Gasteiger charge is 2.51. The smallest absolute Gasteiger partial charge is 0.312 e. The number of benzene rings is 1. The average Bonchev–Trinajstić information content (AvgIpc) is 3.13. The van der Waals surface area contributed by atoms with Gasteiger partial charge in [-0.3, -0.25) is 28.9 Å². The molecule has 0 aromatic heterocycles. The van der Waals surface area contributed by atoms with E-state index in [0.29, 0.717) is 57.3 Å². The van der Waals surface area contributed by atoms with Gasteiger partial charge in [-0.2, -0.15) is 0 Å². The lowest BCUT2D eigenvalue weighted by Crippen LogP contribution is -2.58. The average molecular weight is 613 g/mol. The fourth-order valence-electron chi connectivity index (χ4n) is 5.64. The third-order valence-corrected chi connectivity index (χ3v) is 8.49. The Morgan fingerprint density at radius 2 is 1.61 bits per heavy atom. The van der Waals surface area contributed by atoms with Crippen LogP contribution in [0.2, 0.25) is 0 Å². The van der Waals surface area contributed by atoms with E-state index in [2.05, 4.69) is 28.2 Å². The maximum atomic E-state index is 13.5. The molecule has 0 spiro atoms. The highest BCUT2D eigenvalue weighted by Crippen LogP contribution is 2.41. The van der Waals surface area contributed by atoms with Crippen LogP contribution in [0.1, 0.15) is 90.5 Å². The van der Waals surface area contributed by atoms with Crippen LogP contribution in [0.25, 0.3) is 0 Å². The van der Waals surface area contributed by atoms with E-state index >= 15 is 0 Å². The van der Waals surface area contributed by atoms with Crippen LogP contribution < -0.4 is 27.0 Å². The second kappa shape index (κ2) is 15.7. The number of nitrogens with one attached hydrogen (secondary N) is 4. The summed E-state index contributed by atoms with van der Waals surface area (Å²) in [6.45, 7) is 6.61. The summed E-state index contributed by atoms with van der Waals surface area (Å²) in [6.07, 6.45) is 6.27. The van der Waals surface area contributed by atoms with Crippen molar-refractivity contribution in [3.05, 3.63) is 29.8 Å². The Bertz CT molecular complexity index is 1210. The third kappa shape index (κ3) is 9.03. The molecule has 1 aromatic rings. The monoisotopic (exact) mass is 612 g/mol. The highest BCUT2D eigenvalue weighted by molar-refractivity contribution is 6.08. The number of carbonyl (C=O) groups is 6. The van der Waals surface area contributed by atoms with Gasteiger partial charge < -0.3 is 27.0 Å². The number of primary amides is 1. The van der Waals surface area contributed by atoms with Gasteiger partial charge in [-0.25, -0.2) is 4.79 Å². The molecule has 2 aliphatic rings. The van der Waals surface area contributed by atoms with Crippen molar-refractivity contribution in [2.75, 3.05) is 25.0 Å². The van der Waals surface area contributed by atoms with E-state index in [4.69, 9.17) is 5.73 Å². The first-order chi connectivity index (χ1) is 20.9. The second-order valence-corrected chi connectivity index (χ2v) is 12.6. The predicted octanol–water partition coefficient (Wildman–Crippen LogP) is 2.75. The zero-order valence-electron chi connectivity index (χ0n) is 26.3. The summed E-state index contributed by atoms with van der Waals surface area (Å²) < 4.78 is 0. The fourth-order valence-corrected chi connectivity index (χ4v) is 5.64. The zero-order valence-corrected chi connectivity index (χ0v) is 26.3. The molecule has 12 nitrogen and oxygen atoms in total. The molecule has 1 aliphatic heterocycles. The molecule has 242 valence electrons. The van der Waals surface area contributed by atoms with Crippen molar-refractivity contribution in [2.45, 2.75) is 97.4 Å². The minimum Gasteiger partial charge on any atom is -0.355 e. The Morgan fingerprint density at radius 1 is 0.932 bits per heavy atom. The van der Waals surface area contributed by atoms with Crippen LogP contribution in [-0.4, -0.2) is 66.1 Å². The number of carbonyl (C=O) groups excluding carboxylic acids is 6. The number of urea groups is 1. The van der Waals surface area contributed by atoms with E-state index in [1.54, 1.807) is 13.8 Å². The third-order valence-electron chi connectivity index (χ3n) is 8.49. The van der Waals surface area contributed by atoms with Gasteiger partial charge in [0.05, 0.1) is 5.41 Å². The van der Waals surface area contributed by atoms with Crippen molar-refractivity contribution < 1.29 is 28.8 Å². The van der Waals surface area contributed by atoms with Crippen molar-refractivity contribution >= 4 is 41.3 Å². The Labute approximate surface area is 259 Å². The Hall–Kier alpha value is -3.96. The number of imide groups is 1. The first kappa shape index (κ1) is 34.5. The minimum atomic E-state index is -1.24. The minimum absolute atomic E-state index is 0.144. The molecule has 1 atom stereocenters.